The van der Waals surface area contributed by atoms with Gasteiger partial charge >= 0.3 is 7.68 Å². The molecule has 0 radical (unpaired) electrons. The summed E-state index contributed by atoms with van der Waals surface area (Å²) in [5.74, 6) is 0. The summed E-state index contributed by atoms with van der Waals surface area (Å²) < 4.78 is 27.3. The quantitative estimate of drug-likeness (QED) is 0.581. The van der Waals surface area contributed by atoms with Crippen molar-refractivity contribution in [3.05, 3.63) is 0 Å². The molecule has 0 saturated carbocycles. The first-order chi connectivity index (χ1) is 4.12. The Bertz CT molecular complexity index is 106. The van der Waals surface area contributed by atoms with E-state index < -0.39 is 7.68 Å². The van der Waals surface area contributed by atoms with Crippen LogP contribution in [0, 0.1) is 0 Å². The lowest BCUT2D eigenvalue weighted by Crippen LogP contribution is -1.88. The molecule has 4 heteroatoms. The molecule has 0 aliphatic carbocycles. The second-order valence-electron chi connectivity index (χ2n) is 1.73. The third-order valence-electron chi connectivity index (χ3n) is 0.813. The van der Waals surface area contributed by atoms with Crippen molar-refractivity contribution in [3.8, 4) is 0 Å². The summed E-state index contributed by atoms with van der Waals surface area (Å²) in [4.78, 5) is 0. The third-order valence-corrected chi connectivity index (χ3v) is 2.44. The molecule has 9 heavy (non-hydrogen) atoms. The lowest BCUT2D eigenvalue weighted by molar-refractivity contribution is 0.303. The van der Waals surface area contributed by atoms with Crippen LogP contribution in [0.5, 0.6) is 0 Å². The maximum absolute atomic E-state index is 12.4. The van der Waals surface area contributed by atoms with Gasteiger partial charge in [0.15, 0.2) is 0 Å². The largest absolute Gasteiger partial charge is 0.367 e. The Morgan fingerprint density at radius 3 is 2.44 bits per heavy atom. The molecular weight excluding hydrogens is 142 g/mol. The molecule has 0 rings (SSSR count). The molecule has 0 amide bonds. The van der Waals surface area contributed by atoms with Gasteiger partial charge in [-0.05, 0) is 13.3 Å². The Morgan fingerprint density at radius 1 is 1.56 bits per heavy atom. The summed E-state index contributed by atoms with van der Waals surface area (Å²) in [5.41, 5.74) is 0. The van der Waals surface area contributed by atoms with Gasteiger partial charge in [-0.3, -0.25) is 4.57 Å². The molecule has 1 atom stereocenters. The highest BCUT2D eigenvalue weighted by Gasteiger charge is 2.18. The van der Waals surface area contributed by atoms with Crippen LogP contribution in [0.2, 0.25) is 0 Å². The molecule has 0 aromatic carbocycles. The topological polar surface area (TPSA) is 26.3 Å². The maximum atomic E-state index is 12.4. The summed E-state index contributed by atoms with van der Waals surface area (Å²) in [6.07, 6.45) is 0.606. The summed E-state index contributed by atoms with van der Waals surface area (Å²) in [6, 6.07) is 0. The minimum atomic E-state index is -3.69. The summed E-state index contributed by atoms with van der Waals surface area (Å²) in [6.45, 7) is 3.58. The SMILES string of the molecule is CCCP(=O)(F)OCC. The van der Waals surface area contributed by atoms with Gasteiger partial charge in [-0.25, -0.2) is 0 Å². The normalized spacial score (nSPS) is 17.2. The van der Waals surface area contributed by atoms with E-state index in [0.29, 0.717) is 6.42 Å². The van der Waals surface area contributed by atoms with Crippen molar-refractivity contribution in [3.63, 3.8) is 0 Å². The Balaban J connectivity index is 3.58. The average Bonchev–Trinajstić information content (AvgIpc) is 1.64. The summed E-state index contributed by atoms with van der Waals surface area (Å²) >= 11 is 0. The van der Waals surface area contributed by atoms with Crippen LogP contribution in [0.1, 0.15) is 20.3 Å². The van der Waals surface area contributed by atoms with E-state index in [2.05, 4.69) is 4.52 Å². The average molecular weight is 154 g/mol. The lowest BCUT2D eigenvalue weighted by Gasteiger charge is -2.04. The van der Waals surface area contributed by atoms with E-state index in [9.17, 15) is 8.76 Å². The first-order valence-electron chi connectivity index (χ1n) is 3.05. The van der Waals surface area contributed by atoms with Crippen LogP contribution in [0.15, 0.2) is 0 Å². The van der Waals surface area contributed by atoms with Gasteiger partial charge in [-0.2, -0.15) is 4.20 Å². The van der Waals surface area contributed by atoms with Gasteiger partial charge in [0.25, 0.3) is 0 Å². The summed E-state index contributed by atoms with van der Waals surface area (Å²) in [5, 5.41) is 0. The zero-order valence-electron chi connectivity index (χ0n) is 5.76. The predicted molar refractivity (Wildman–Crippen MR) is 35.5 cm³/mol. The van der Waals surface area contributed by atoms with E-state index >= 15 is 0 Å². The highest BCUT2D eigenvalue weighted by atomic mass is 31.2. The Kier molecular flexibility index (Phi) is 4.07. The van der Waals surface area contributed by atoms with E-state index in [1.54, 1.807) is 13.8 Å². The third kappa shape index (κ3) is 4.61. The van der Waals surface area contributed by atoms with Crippen LogP contribution < -0.4 is 0 Å². The second kappa shape index (κ2) is 4.02. The van der Waals surface area contributed by atoms with Gasteiger partial charge in [0.2, 0.25) is 0 Å². The first kappa shape index (κ1) is 9.12. The van der Waals surface area contributed by atoms with Crippen molar-refractivity contribution in [1.82, 2.24) is 0 Å². The van der Waals surface area contributed by atoms with Crippen LogP contribution >= 0.6 is 7.68 Å². The molecule has 0 aliphatic rings. The number of hydrogen-bond acceptors (Lipinski definition) is 2. The molecule has 2 nitrogen and oxygen atoms in total. The van der Waals surface area contributed by atoms with Crippen LogP contribution in [0.3, 0.4) is 0 Å². The predicted octanol–water partition coefficient (Wildman–Crippen LogP) is 2.60. The molecule has 0 aliphatic heterocycles. The van der Waals surface area contributed by atoms with Crippen LogP contribution in [-0.2, 0) is 9.09 Å². The minimum absolute atomic E-state index is 0.0425. The second-order valence-corrected chi connectivity index (χ2v) is 3.62. The Morgan fingerprint density at radius 2 is 2.11 bits per heavy atom. The molecule has 0 aromatic rings. The van der Waals surface area contributed by atoms with Gasteiger partial charge in [0.1, 0.15) is 0 Å². The standard InChI is InChI=1S/C5H12FO2P/c1-3-5-9(6,7)8-4-2/h3-5H2,1-2H3. The molecule has 0 heterocycles. The van der Waals surface area contributed by atoms with E-state index in [-0.39, 0.29) is 12.8 Å². The van der Waals surface area contributed by atoms with Gasteiger partial charge in [0, 0.05) is 0 Å². The number of halogens is 1. The van der Waals surface area contributed by atoms with E-state index in [4.69, 9.17) is 0 Å². The van der Waals surface area contributed by atoms with Gasteiger partial charge < -0.3 is 4.52 Å². The van der Waals surface area contributed by atoms with Gasteiger partial charge in [-0.1, -0.05) is 6.92 Å². The highest BCUT2D eigenvalue weighted by molar-refractivity contribution is 7.53. The van der Waals surface area contributed by atoms with E-state index in [1.807, 2.05) is 0 Å². The number of hydrogen-bond donors (Lipinski definition) is 0. The van der Waals surface area contributed by atoms with Crippen molar-refractivity contribution < 1.29 is 13.3 Å². The molecule has 0 spiro atoms. The lowest BCUT2D eigenvalue weighted by atomic mass is 10.6. The van der Waals surface area contributed by atoms with Crippen molar-refractivity contribution in [2.24, 2.45) is 0 Å². The molecule has 0 bridgehead atoms. The van der Waals surface area contributed by atoms with Crippen LogP contribution in [-0.4, -0.2) is 12.8 Å². The Hall–Kier alpha value is 0.120. The molecule has 0 aromatic heterocycles. The smallest absolute Gasteiger partial charge is 0.306 e. The molecule has 0 fully saturated rings. The highest BCUT2D eigenvalue weighted by Crippen LogP contribution is 2.48. The van der Waals surface area contributed by atoms with Crippen molar-refractivity contribution in [1.29, 1.82) is 0 Å². The molecule has 56 valence electrons. The van der Waals surface area contributed by atoms with Crippen molar-refractivity contribution in [2.45, 2.75) is 20.3 Å². The fourth-order valence-corrected chi connectivity index (χ4v) is 1.57. The Labute approximate surface area is 55.0 Å². The number of rotatable bonds is 4. The van der Waals surface area contributed by atoms with Crippen molar-refractivity contribution in [2.75, 3.05) is 12.8 Å². The van der Waals surface area contributed by atoms with Crippen molar-refractivity contribution >= 4 is 7.68 Å². The van der Waals surface area contributed by atoms with Crippen LogP contribution in [0.4, 0.5) is 4.20 Å². The van der Waals surface area contributed by atoms with Gasteiger partial charge in [0.05, 0.1) is 12.8 Å². The van der Waals surface area contributed by atoms with E-state index in [0.717, 1.165) is 0 Å². The van der Waals surface area contributed by atoms with Crippen LogP contribution in [0.25, 0.3) is 0 Å². The zero-order valence-corrected chi connectivity index (χ0v) is 6.66. The fraction of sp³-hybridized carbons (Fsp3) is 1.00. The van der Waals surface area contributed by atoms with Gasteiger partial charge in [-0.15, -0.1) is 0 Å². The molecular formula is C5H12FO2P. The fourth-order valence-electron chi connectivity index (χ4n) is 0.524. The molecule has 0 saturated heterocycles. The molecule has 1 unspecified atom stereocenters. The summed E-state index contributed by atoms with van der Waals surface area (Å²) in [7, 11) is -3.69. The maximum Gasteiger partial charge on any atom is 0.367 e. The zero-order chi connectivity index (χ0) is 7.33. The molecule has 0 N–H and O–H groups in total. The van der Waals surface area contributed by atoms with E-state index in [1.165, 1.54) is 0 Å². The monoisotopic (exact) mass is 154 g/mol. The first-order valence-corrected chi connectivity index (χ1v) is 4.75. The minimum Gasteiger partial charge on any atom is -0.306 e.